The molecule has 6 fully saturated rings. The van der Waals surface area contributed by atoms with Crippen molar-refractivity contribution < 1.29 is 19.1 Å². The Balaban J connectivity index is 0.000000152. The number of hydrogen-bond acceptors (Lipinski definition) is 10. The number of aromatic amines is 1. The van der Waals surface area contributed by atoms with Crippen LogP contribution in [0.15, 0.2) is 17.9 Å². The van der Waals surface area contributed by atoms with E-state index in [0.717, 1.165) is 76.8 Å². The Morgan fingerprint density at radius 2 is 1.31 bits per heavy atom. The third kappa shape index (κ3) is 7.23. The second-order valence-corrected chi connectivity index (χ2v) is 16.2. The van der Waals surface area contributed by atoms with Crippen LogP contribution in [0.1, 0.15) is 101 Å². The summed E-state index contributed by atoms with van der Waals surface area (Å²) in [5.74, 6) is 2.24. The van der Waals surface area contributed by atoms with Crippen LogP contribution in [-0.4, -0.2) is 130 Å². The molecule has 2 aromatic heterocycles. The minimum atomic E-state index is -0.134. The van der Waals surface area contributed by atoms with Gasteiger partial charge in [-0.2, -0.15) is 5.10 Å². The molecular weight excluding hydrogens is 629 g/mol. The third-order valence-corrected chi connectivity index (χ3v) is 13.3. The van der Waals surface area contributed by atoms with E-state index in [1.165, 1.54) is 56.6 Å². The van der Waals surface area contributed by atoms with Crippen LogP contribution >= 0.6 is 11.3 Å². The highest BCUT2D eigenvalue weighted by Gasteiger charge is 2.52. The fourth-order valence-electron chi connectivity index (χ4n) is 9.57. The molecule has 2 amide bonds. The van der Waals surface area contributed by atoms with Crippen molar-refractivity contribution in [2.45, 2.75) is 102 Å². The summed E-state index contributed by atoms with van der Waals surface area (Å²) in [6, 6.07) is 1.42. The van der Waals surface area contributed by atoms with Crippen molar-refractivity contribution in [2.24, 2.45) is 10.8 Å². The Morgan fingerprint density at radius 3 is 1.75 bits per heavy atom. The highest BCUT2D eigenvalue weighted by molar-refractivity contribution is 7.09. The van der Waals surface area contributed by atoms with E-state index in [-0.39, 0.29) is 12.2 Å². The molecule has 4 saturated heterocycles. The summed E-state index contributed by atoms with van der Waals surface area (Å²) in [4.78, 5) is 41.7. The zero-order valence-electron chi connectivity index (χ0n) is 28.9. The van der Waals surface area contributed by atoms with E-state index in [0.29, 0.717) is 41.9 Å². The topological polar surface area (TPSA) is 120 Å². The van der Waals surface area contributed by atoms with Crippen LogP contribution in [-0.2, 0) is 9.47 Å². The normalized spacial score (nSPS) is 31.4. The maximum absolute atomic E-state index is 11.9. The van der Waals surface area contributed by atoms with Crippen molar-refractivity contribution in [3.8, 4) is 0 Å². The van der Waals surface area contributed by atoms with E-state index in [1.54, 1.807) is 17.7 Å². The van der Waals surface area contributed by atoms with E-state index in [9.17, 15) is 9.59 Å². The number of rotatable bonds is 6. The molecule has 2 saturated carbocycles. The number of carbonyl (C=O) groups excluding carboxylic acids is 2. The average Bonchev–Trinajstić information content (AvgIpc) is 3.91. The zero-order valence-corrected chi connectivity index (χ0v) is 29.7. The predicted octanol–water partition coefficient (Wildman–Crippen LogP) is 5.33. The molecule has 2 spiro atoms. The predicted molar refractivity (Wildman–Crippen MR) is 183 cm³/mol. The van der Waals surface area contributed by atoms with Gasteiger partial charge in [0, 0.05) is 61.7 Å². The van der Waals surface area contributed by atoms with Gasteiger partial charge in [0.15, 0.2) is 0 Å². The average molecular weight is 683 g/mol. The van der Waals surface area contributed by atoms with Crippen molar-refractivity contribution in [1.29, 1.82) is 0 Å². The van der Waals surface area contributed by atoms with Gasteiger partial charge in [-0.25, -0.2) is 19.6 Å². The van der Waals surface area contributed by atoms with Crippen molar-refractivity contribution >= 4 is 23.5 Å². The first-order valence-corrected chi connectivity index (χ1v) is 19.3. The van der Waals surface area contributed by atoms with Crippen LogP contribution in [0.25, 0.3) is 0 Å². The summed E-state index contributed by atoms with van der Waals surface area (Å²) in [6.07, 6.45) is 15.3. The van der Waals surface area contributed by atoms with Crippen LogP contribution in [0, 0.1) is 10.8 Å². The van der Waals surface area contributed by atoms with Crippen LogP contribution in [0.2, 0.25) is 0 Å². The lowest BCUT2D eigenvalue weighted by Crippen LogP contribution is -2.54. The first-order chi connectivity index (χ1) is 23.4. The molecule has 0 radical (unpaired) electrons. The van der Waals surface area contributed by atoms with E-state index in [4.69, 9.17) is 9.47 Å². The Kier molecular flexibility index (Phi) is 10.3. The molecule has 2 aliphatic carbocycles. The molecule has 13 heteroatoms. The van der Waals surface area contributed by atoms with Crippen molar-refractivity contribution in [1.82, 2.24) is 39.8 Å². The summed E-state index contributed by atoms with van der Waals surface area (Å²) in [5.41, 5.74) is 0.739. The van der Waals surface area contributed by atoms with Crippen molar-refractivity contribution in [3.05, 3.63) is 28.7 Å². The van der Waals surface area contributed by atoms with Gasteiger partial charge in [-0.05, 0) is 115 Å². The van der Waals surface area contributed by atoms with Gasteiger partial charge in [-0.1, -0.05) is 0 Å². The highest BCUT2D eigenvalue weighted by Crippen LogP contribution is 2.52. The SMILES string of the molecule is CCOC(=O)N1CCC2(CC(N3CCC(c4nccs4)CC3)C2)C1.CCOC(=O)N1CCC2(CC(N3CCC(c4ncn[nH]4)CC3)C2)C1. The summed E-state index contributed by atoms with van der Waals surface area (Å²) in [5, 5.41) is 10.4. The molecule has 8 rings (SSSR count). The van der Waals surface area contributed by atoms with Crippen LogP contribution in [0.4, 0.5) is 9.59 Å². The minimum absolute atomic E-state index is 0.123. The highest BCUT2D eigenvalue weighted by atomic mass is 32.1. The second-order valence-electron chi connectivity index (χ2n) is 15.2. The van der Waals surface area contributed by atoms with Crippen LogP contribution in [0.5, 0.6) is 0 Å². The number of ether oxygens (including phenoxy) is 2. The fraction of sp³-hybridized carbons (Fsp3) is 0.800. The number of hydrogen-bond donors (Lipinski definition) is 1. The number of aromatic nitrogens is 4. The number of thiazole rings is 1. The molecule has 6 aliphatic rings. The van der Waals surface area contributed by atoms with Gasteiger partial charge in [0.05, 0.1) is 18.2 Å². The van der Waals surface area contributed by atoms with Gasteiger partial charge < -0.3 is 29.1 Å². The quantitative estimate of drug-likeness (QED) is 0.431. The first-order valence-electron chi connectivity index (χ1n) is 18.4. The molecule has 48 heavy (non-hydrogen) atoms. The monoisotopic (exact) mass is 682 g/mol. The maximum atomic E-state index is 11.9. The lowest BCUT2D eigenvalue weighted by molar-refractivity contribution is -0.00506. The number of likely N-dealkylation sites (tertiary alicyclic amines) is 4. The van der Waals surface area contributed by atoms with Crippen LogP contribution in [0.3, 0.4) is 0 Å². The second kappa shape index (κ2) is 14.6. The summed E-state index contributed by atoms with van der Waals surface area (Å²) in [7, 11) is 0. The molecule has 1 N–H and O–H groups in total. The number of piperidine rings is 2. The number of carbonyl (C=O) groups is 2. The molecule has 4 aliphatic heterocycles. The smallest absolute Gasteiger partial charge is 0.409 e. The van der Waals surface area contributed by atoms with E-state index < -0.39 is 0 Å². The molecule has 2 aromatic rings. The van der Waals surface area contributed by atoms with Crippen LogP contribution < -0.4 is 0 Å². The molecule has 6 heterocycles. The van der Waals surface area contributed by atoms with E-state index in [2.05, 4.69) is 35.3 Å². The van der Waals surface area contributed by atoms with Crippen molar-refractivity contribution in [3.63, 3.8) is 0 Å². The molecule has 0 atom stereocenters. The standard InChI is InChI=1S/C18H27N3O2S.C17H27N5O2/c1-2-23-17(22)21-9-5-18(13-21)11-15(12-18)20-7-3-14(4-8-20)16-19-6-10-24-16;1-2-24-16(23)22-8-5-17(11-22)9-14(10-17)21-6-3-13(4-7-21)15-18-12-19-20-15/h6,10,14-15H,2-5,7-9,11-13H2,1H3;12-14H,2-11H2,1H3,(H,18,19,20). The van der Waals surface area contributed by atoms with Crippen molar-refractivity contribution in [2.75, 3.05) is 65.6 Å². The molecule has 0 unspecified atom stereocenters. The summed E-state index contributed by atoms with van der Waals surface area (Å²) in [6.45, 7) is 12.9. The van der Waals surface area contributed by atoms with Gasteiger partial charge in [0.2, 0.25) is 0 Å². The molecule has 12 nitrogen and oxygen atoms in total. The fourth-order valence-corrected chi connectivity index (χ4v) is 10.4. The molecular formula is C35H54N8O4S. The maximum Gasteiger partial charge on any atom is 0.409 e. The number of nitrogens with zero attached hydrogens (tertiary/aromatic N) is 7. The minimum Gasteiger partial charge on any atom is -0.450 e. The number of H-pyrrole nitrogens is 1. The Hall–Kier alpha value is -2.77. The van der Waals surface area contributed by atoms with E-state index >= 15 is 0 Å². The lowest BCUT2D eigenvalue weighted by Gasteiger charge is -2.51. The van der Waals surface area contributed by atoms with Gasteiger partial charge in [0.25, 0.3) is 0 Å². The molecule has 264 valence electrons. The van der Waals surface area contributed by atoms with Gasteiger partial charge in [0.1, 0.15) is 12.2 Å². The van der Waals surface area contributed by atoms with Gasteiger partial charge in [-0.3, -0.25) is 5.10 Å². The van der Waals surface area contributed by atoms with Gasteiger partial charge >= 0.3 is 12.2 Å². The Morgan fingerprint density at radius 1 is 0.792 bits per heavy atom. The third-order valence-electron chi connectivity index (χ3n) is 12.3. The van der Waals surface area contributed by atoms with Gasteiger partial charge in [-0.15, -0.1) is 11.3 Å². The van der Waals surface area contributed by atoms with E-state index in [1.807, 2.05) is 29.8 Å². The lowest BCUT2D eigenvalue weighted by atomic mass is 9.64. The number of nitrogens with one attached hydrogen (secondary N) is 1. The Labute approximate surface area is 288 Å². The summed E-state index contributed by atoms with van der Waals surface area (Å²) < 4.78 is 10.3. The largest absolute Gasteiger partial charge is 0.450 e. The first kappa shape index (κ1) is 33.7. The zero-order chi connectivity index (χ0) is 33.1. The number of amides is 2. The summed E-state index contributed by atoms with van der Waals surface area (Å²) >= 11 is 1.80. The Bertz CT molecular complexity index is 1230. The molecule has 0 aromatic carbocycles. The molecule has 0 bridgehead atoms.